The molecular weight excluding hydrogens is 144 g/mol. The van der Waals surface area contributed by atoms with E-state index in [-0.39, 0.29) is 0 Å². The third-order valence-electron chi connectivity index (χ3n) is 2.66. The second-order valence-electron chi connectivity index (χ2n) is 3.43. The molecule has 2 atom stereocenters. The van der Waals surface area contributed by atoms with Crippen molar-refractivity contribution in [1.29, 1.82) is 0 Å². The van der Waals surface area contributed by atoms with Crippen LogP contribution in [0.2, 0.25) is 0 Å². The van der Waals surface area contributed by atoms with Crippen LogP contribution in [-0.2, 0) is 0 Å². The Labute approximate surface area is 75.7 Å². The van der Waals surface area contributed by atoms with Crippen molar-refractivity contribution in [2.75, 3.05) is 0 Å². The topological polar surface area (TPSA) is 0 Å². The molecule has 0 amide bonds. The molecule has 0 spiro atoms. The molecular formula is C12H18. The summed E-state index contributed by atoms with van der Waals surface area (Å²) in [6, 6.07) is 0. The Morgan fingerprint density at radius 2 is 1.33 bits per heavy atom. The van der Waals surface area contributed by atoms with Crippen molar-refractivity contribution in [3.8, 4) is 0 Å². The van der Waals surface area contributed by atoms with Gasteiger partial charge in [0.25, 0.3) is 0 Å². The lowest BCUT2D eigenvalue weighted by atomic mass is 9.84. The first-order chi connectivity index (χ1) is 5.88. The van der Waals surface area contributed by atoms with E-state index in [4.69, 9.17) is 0 Å². The maximum Gasteiger partial charge on any atom is -0.0170 e. The molecule has 0 bridgehead atoms. The minimum absolute atomic E-state index is 0.646. The Morgan fingerprint density at radius 3 is 1.67 bits per heavy atom. The Morgan fingerprint density at radius 1 is 0.917 bits per heavy atom. The molecule has 0 fully saturated rings. The minimum atomic E-state index is 0.646. The Bertz CT molecular complexity index is 156. The molecule has 0 heterocycles. The highest BCUT2D eigenvalue weighted by Gasteiger charge is 2.15. The van der Waals surface area contributed by atoms with E-state index in [1.54, 1.807) is 0 Å². The molecule has 0 radical (unpaired) electrons. The number of hydrogen-bond donors (Lipinski definition) is 0. The van der Waals surface area contributed by atoms with Crippen molar-refractivity contribution in [2.24, 2.45) is 11.8 Å². The van der Waals surface area contributed by atoms with Gasteiger partial charge < -0.3 is 0 Å². The maximum atomic E-state index is 3.88. The first-order valence-electron chi connectivity index (χ1n) is 4.78. The molecule has 66 valence electrons. The van der Waals surface area contributed by atoms with Crippen molar-refractivity contribution in [2.45, 2.75) is 25.7 Å². The maximum absolute atomic E-state index is 3.88. The normalized spacial score (nSPS) is 33.0. The van der Waals surface area contributed by atoms with Gasteiger partial charge in [-0.3, -0.25) is 0 Å². The summed E-state index contributed by atoms with van der Waals surface area (Å²) in [6.07, 6.45) is 13.6. The van der Waals surface area contributed by atoms with E-state index in [2.05, 4.69) is 37.5 Å². The lowest BCUT2D eigenvalue weighted by molar-refractivity contribution is 0.420. The van der Waals surface area contributed by atoms with Gasteiger partial charge in [-0.25, -0.2) is 0 Å². The highest BCUT2D eigenvalue weighted by Crippen LogP contribution is 2.26. The van der Waals surface area contributed by atoms with Crippen molar-refractivity contribution < 1.29 is 0 Å². The van der Waals surface area contributed by atoms with E-state index >= 15 is 0 Å². The lowest BCUT2D eigenvalue weighted by Gasteiger charge is -2.21. The predicted octanol–water partition coefficient (Wildman–Crippen LogP) is 3.72. The van der Waals surface area contributed by atoms with Crippen LogP contribution in [0.1, 0.15) is 25.7 Å². The summed E-state index contributed by atoms with van der Waals surface area (Å²) >= 11 is 0. The standard InChI is InChI=1S/C12H18/c1-3-11-9-7-5-6-8-10-12(11)4-2/h3-6,11-12H,1-2,7-10H2/b6-5-/t11-,12+. The Hall–Kier alpha value is -0.780. The minimum Gasteiger partial charge on any atom is -0.103 e. The van der Waals surface area contributed by atoms with Crippen molar-refractivity contribution >= 4 is 0 Å². The highest BCUT2D eigenvalue weighted by atomic mass is 14.2. The largest absolute Gasteiger partial charge is 0.103 e. The summed E-state index contributed by atoms with van der Waals surface area (Å²) in [5.41, 5.74) is 0. The van der Waals surface area contributed by atoms with Crippen LogP contribution in [-0.4, -0.2) is 0 Å². The van der Waals surface area contributed by atoms with E-state index in [0.29, 0.717) is 11.8 Å². The molecule has 1 rings (SSSR count). The average molecular weight is 162 g/mol. The quantitative estimate of drug-likeness (QED) is 0.543. The van der Waals surface area contributed by atoms with Crippen LogP contribution in [0.5, 0.6) is 0 Å². The molecule has 0 aliphatic heterocycles. The molecule has 12 heavy (non-hydrogen) atoms. The third kappa shape index (κ3) is 2.37. The fourth-order valence-electron chi connectivity index (χ4n) is 1.83. The van der Waals surface area contributed by atoms with Crippen molar-refractivity contribution in [1.82, 2.24) is 0 Å². The molecule has 0 saturated carbocycles. The van der Waals surface area contributed by atoms with Gasteiger partial charge in [0.2, 0.25) is 0 Å². The third-order valence-corrected chi connectivity index (χ3v) is 2.66. The van der Waals surface area contributed by atoms with Gasteiger partial charge in [-0.2, -0.15) is 0 Å². The summed E-state index contributed by atoms with van der Waals surface area (Å²) in [7, 11) is 0. The van der Waals surface area contributed by atoms with Gasteiger partial charge in [-0.05, 0) is 37.5 Å². The molecule has 0 N–H and O–H groups in total. The van der Waals surface area contributed by atoms with Gasteiger partial charge in [-0.1, -0.05) is 24.3 Å². The van der Waals surface area contributed by atoms with Crippen LogP contribution in [0.15, 0.2) is 37.5 Å². The fraction of sp³-hybridized carbons (Fsp3) is 0.500. The second kappa shape index (κ2) is 4.97. The highest BCUT2D eigenvalue weighted by molar-refractivity contribution is 4.98. The summed E-state index contributed by atoms with van der Waals surface area (Å²) in [6.45, 7) is 7.77. The molecule has 1 aliphatic rings. The van der Waals surface area contributed by atoms with Gasteiger partial charge in [0.05, 0.1) is 0 Å². The van der Waals surface area contributed by atoms with E-state index in [0.717, 1.165) is 0 Å². The van der Waals surface area contributed by atoms with Gasteiger partial charge in [0.1, 0.15) is 0 Å². The molecule has 0 aromatic heterocycles. The first kappa shape index (κ1) is 9.31. The molecule has 0 aromatic carbocycles. The SMILES string of the molecule is C=C[C@@H]1CC/C=C\CC[C@@H]1C=C. The van der Waals surface area contributed by atoms with E-state index in [1.807, 2.05) is 0 Å². The molecule has 0 nitrogen and oxygen atoms in total. The summed E-state index contributed by atoms with van der Waals surface area (Å²) in [5.74, 6) is 1.29. The molecule has 1 aliphatic carbocycles. The van der Waals surface area contributed by atoms with Crippen LogP contribution in [0.3, 0.4) is 0 Å². The van der Waals surface area contributed by atoms with E-state index in [1.165, 1.54) is 25.7 Å². The number of hydrogen-bond acceptors (Lipinski definition) is 0. The predicted molar refractivity (Wildman–Crippen MR) is 55.0 cm³/mol. The fourth-order valence-corrected chi connectivity index (χ4v) is 1.83. The number of allylic oxidation sites excluding steroid dienone is 4. The Balaban J connectivity index is 2.60. The van der Waals surface area contributed by atoms with Crippen molar-refractivity contribution in [3.63, 3.8) is 0 Å². The van der Waals surface area contributed by atoms with Crippen LogP contribution in [0.25, 0.3) is 0 Å². The first-order valence-corrected chi connectivity index (χ1v) is 4.78. The van der Waals surface area contributed by atoms with Gasteiger partial charge in [0, 0.05) is 0 Å². The van der Waals surface area contributed by atoms with Gasteiger partial charge in [0.15, 0.2) is 0 Å². The van der Waals surface area contributed by atoms with Crippen molar-refractivity contribution in [3.05, 3.63) is 37.5 Å². The van der Waals surface area contributed by atoms with Crippen LogP contribution >= 0.6 is 0 Å². The monoisotopic (exact) mass is 162 g/mol. The van der Waals surface area contributed by atoms with Crippen LogP contribution in [0, 0.1) is 11.8 Å². The number of rotatable bonds is 2. The lowest BCUT2D eigenvalue weighted by Crippen LogP contribution is -2.10. The zero-order chi connectivity index (χ0) is 8.81. The van der Waals surface area contributed by atoms with Gasteiger partial charge in [-0.15, -0.1) is 13.2 Å². The van der Waals surface area contributed by atoms with E-state index in [9.17, 15) is 0 Å². The molecule has 0 unspecified atom stereocenters. The summed E-state index contributed by atoms with van der Waals surface area (Å²) in [5, 5.41) is 0. The van der Waals surface area contributed by atoms with Crippen LogP contribution in [0.4, 0.5) is 0 Å². The summed E-state index contributed by atoms with van der Waals surface area (Å²) < 4.78 is 0. The zero-order valence-corrected chi connectivity index (χ0v) is 7.71. The van der Waals surface area contributed by atoms with Gasteiger partial charge >= 0.3 is 0 Å². The smallest absolute Gasteiger partial charge is 0.0170 e. The zero-order valence-electron chi connectivity index (χ0n) is 7.71. The Kier molecular flexibility index (Phi) is 3.86. The molecule has 0 heteroatoms. The second-order valence-corrected chi connectivity index (χ2v) is 3.43. The van der Waals surface area contributed by atoms with Crippen LogP contribution < -0.4 is 0 Å². The molecule has 0 aromatic rings. The average Bonchev–Trinajstić information content (AvgIpc) is 2.05. The summed E-state index contributed by atoms with van der Waals surface area (Å²) in [4.78, 5) is 0. The van der Waals surface area contributed by atoms with E-state index < -0.39 is 0 Å². The molecule has 0 saturated heterocycles.